The van der Waals surface area contributed by atoms with Gasteiger partial charge in [-0.25, -0.2) is 4.98 Å². The maximum atomic E-state index is 13.1. The van der Waals surface area contributed by atoms with Crippen molar-refractivity contribution in [3.05, 3.63) is 58.9 Å². The highest BCUT2D eigenvalue weighted by atomic mass is 16.2. The van der Waals surface area contributed by atoms with Crippen LogP contribution in [0, 0.1) is 18.3 Å². The molecule has 0 aliphatic carbocycles. The minimum Gasteiger partial charge on any atom is -0.332 e. The van der Waals surface area contributed by atoms with Crippen molar-refractivity contribution in [1.29, 1.82) is 5.26 Å². The average molecular weight is 347 g/mol. The Bertz CT molecular complexity index is 995. The first-order valence-electron chi connectivity index (χ1n) is 8.50. The second kappa shape index (κ2) is 6.96. The van der Waals surface area contributed by atoms with Gasteiger partial charge in [-0.3, -0.25) is 9.48 Å². The maximum absolute atomic E-state index is 13.1. The number of amides is 1. The second-order valence-corrected chi connectivity index (χ2v) is 6.64. The van der Waals surface area contributed by atoms with Gasteiger partial charge in [0.05, 0.1) is 22.9 Å². The number of pyridine rings is 1. The summed E-state index contributed by atoms with van der Waals surface area (Å²) < 4.78 is 1.72. The van der Waals surface area contributed by atoms with Crippen LogP contribution in [0.3, 0.4) is 0 Å². The number of aryl methyl sites for hydroxylation is 2. The number of hydrogen-bond donors (Lipinski definition) is 0. The molecule has 6 heteroatoms. The van der Waals surface area contributed by atoms with E-state index in [-0.39, 0.29) is 11.9 Å². The fraction of sp³-hybridized carbons (Fsp3) is 0.300. The molecule has 2 aromatic heterocycles. The van der Waals surface area contributed by atoms with Crippen molar-refractivity contribution in [3.63, 3.8) is 0 Å². The molecule has 0 N–H and O–H groups in total. The van der Waals surface area contributed by atoms with Crippen molar-refractivity contribution in [2.45, 2.75) is 33.4 Å². The van der Waals surface area contributed by atoms with Crippen LogP contribution in [0.15, 0.2) is 36.5 Å². The highest BCUT2D eigenvalue weighted by molar-refractivity contribution is 5.97. The Balaban J connectivity index is 1.91. The van der Waals surface area contributed by atoms with Crippen LogP contribution in [0.25, 0.3) is 11.0 Å². The van der Waals surface area contributed by atoms with Crippen molar-refractivity contribution < 1.29 is 4.79 Å². The SMILES string of the molecule is Cc1nn(C)c2ncc(C(=O)N(Cc3ccc(C#N)cc3)C(C)C)cc12. The zero-order valence-electron chi connectivity index (χ0n) is 15.4. The molecule has 0 radical (unpaired) electrons. The van der Waals surface area contributed by atoms with Gasteiger partial charge in [0.15, 0.2) is 5.65 Å². The van der Waals surface area contributed by atoms with Gasteiger partial charge in [0, 0.05) is 31.2 Å². The van der Waals surface area contributed by atoms with Gasteiger partial charge in [0.25, 0.3) is 5.91 Å². The van der Waals surface area contributed by atoms with Crippen LogP contribution in [-0.4, -0.2) is 31.6 Å². The van der Waals surface area contributed by atoms with Crippen LogP contribution >= 0.6 is 0 Å². The zero-order chi connectivity index (χ0) is 18.8. The van der Waals surface area contributed by atoms with E-state index in [1.54, 1.807) is 27.9 Å². The number of rotatable bonds is 4. The minimum absolute atomic E-state index is 0.0313. The Hall–Kier alpha value is -3.20. The smallest absolute Gasteiger partial charge is 0.255 e. The molecule has 1 amide bonds. The Morgan fingerprint density at radius 3 is 2.62 bits per heavy atom. The van der Waals surface area contributed by atoms with Gasteiger partial charge < -0.3 is 4.90 Å². The van der Waals surface area contributed by atoms with Crippen molar-refractivity contribution in [3.8, 4) is 6.07 Å². The quantitative estimate of drug-likeness (QED) is 0.726. The maximum Gasteiger partial charge on any atom is 0.255 e. The molecule has 3 rings (SSSR count). The van der Waals surface area contributed by atoms with Gasteiger partial charge in [-0.1, -0.05) is 12.1 Å². The van der Waals surface area contributed by atoms with Crippen LogP contribution in [0.4, 0.5) is 0 Å². The fourth-order valence-corrected chi connectivity index (χ4v) is 2.96. The molecule has 132 valence electrons. The molecule has 0 aliphatic rings. The van der Waals surface area contributed by atoms with E-state index in [1.807, 2.05) is 46.0 Å². The molecule has 0 saturated heterocycles. The molecule has 2 heterocycles. The number of nitrogens with zero attached hydrogens (tertiary/aromatic N) is 5. The number of aromatic nitrogens is 3. The van der Waals surface area contributed by atoms with Crippen LogP contribution in [0.2, 0.25) is 0 Å². The molecule has 6 nitrogen and oxygen atoms in total. The lowest BCUT2D eigenvalue weighted by Crippen LogP contribution is -2.36. The summed E-state index contributed by atoms with van der Waals surface area (Å²) in [7, 11) is 1.84. The zero-order valence-corrected chi connectivity index (χ0v) is 15.4. The number of carbonyl (C=O) groups is 1. The van der Waals surface area contributed by atoms with Crippen molar-refractivity contribution in [1.82, 2.24) is 19.7 Å². The summed E-state index contributed by atoms with van der Waals surface area (Å²) in [6.07, 6.45) is 1.61. The Kier molecular flexibility index (Phi) is 4.72. The summed E-state index contributed by atoms with van der Waals surface area (Å²) >= 11 is 0. The molecule has 0 bridgehead atoms. The third-order valence-electron chi connectivity index (χ3n) is 4.43. The van der Waals surface area contributed by atoms with Crippen LogP contribution in [0.5, 0.6) is 0 Å². The summed E-state index contributed by atoms with van der Waals surface area (Å²) in [4.78, 5) is 19.3. The molecule has 0 unspecified atom stereocenters. The largest absolute Gasteiger partial charge is 0.332 e. The van der Waals surface area contributed by atoms with E-state index in [2.05, 4.69) is 16.2 Å². The predicted octanol–water partition coefficient (Wildman–Crippen LogP) is 3.20. The Morgan fingerprint density at radius 1 is 1.31 bits per heavy atom. The summed E-state index contributed by atoms with van der Waals surface area (Å²) in [6, 6.07) is 11.3. The van der Waals surface area contributed by atoms with E-state index in [4.69, 9.17) is 5.26 Å². The van der Waals surface area contributed by atoms with E-state index in [0.29, 0.717) is 17.7 Å². The van der Waals surface area contributed by atoms with Crippen LogP contribution < -0.4 is 0 Å². The van der Waals surface area contributed by atoms with E-state index in [1.165, 1.54) is 0 Å². The molecule has 0 saturated carbocycles. The summed E-state index contributed by atoms with van der Waals surface area (Å²) in [5.41, 5.74) is 3.77. The molecule has 0 fully saturated rings. The highest BCUT2D eigenvalue weighted by Crippen LogP contribution is 2.19. The first kappa shape index (κ1) is 17.6. The lowest BCUT2D eigenvalue weighted by atomic mass is 10.1. The Morgan fingerprint density at radius 2 is 2.00 bits per heavy atom. The molecule has 0 spiro atoms. The van der Waals surface area contributed by atoms with Gasteiger partial charge in [0.2, 0.25) is 0 Å². The molecule has 26 heavy (non-hydrogen) atoms. The van der Waals surface area contributed by atoms with Crippen LogP contribution in [0.1, 0.15) is 41.0 Å². The Labute approximate surface area is 152 Å². The first-order valence-corrected chi connectivity index (χ1v) is 8.50. The second-order valence-electron chi connectivity index (χ2n) is 6.64. The van der Waals surface area contributed by atoms with Crippen molar-refractivity contribution in [2.75, 3.05) is 0 Å². The molecule has 0 atom stereocenters. The number of benzene rings is 1. The van der Waals surface area contributed by atoms with Crippen molar-refractivity contribution >= 4 is 16.9 Å². The monoisotopic (exact) mass is 347 g/mol. The summed E-state index contributed by atoms with van der Waals surface area (Å²) in [5, 5.41) is 14.2. The third-order valence-corrected chi connectivity index (χ3v) is 4.43. The molecule has 1 aromatic carbocycles. The predicted molar refractivity (Wildman–Crippen MR) is 99.4 cm³/mol. The molecular weight excluding hydrogens is 326 g/mol. The number of hydrogen-bond acceptors (Lipinski definition) is 4. The molecular formula is C20H21N5O. The topological polar surface area (TPSA) is 74.8 Å². The van der Waals surface area contributed by atoms with Crippen molar-refractivity contribution in [2.24, 2.45) is 7.05 Å². The lowest BCUT2D eigenvalue weighted by molar-refractivity contribution is 0.0690. The summed E-state index contributed by atoms with van der Waals surface area (Å²) in [5.74, 6) is -0.0676. The third kappa shape index (κ3) is 3.29. The van der Waals surface area contributed by atoms with E-state index < -0.39 is 0 Å². The van der Waals surface area contributed by atoms with Gasteiger partial charge >= 0.3 is 0 Å². The van der Waals surface area contributed by atoms with Gasteiger partial charge in [-0.05, 0) is 44.5 Å². The minimum atomic E-state index is -0.0676. The average Bonchev–Trinajstić information content (AvgIpc) is 2.93. The molecule has 3 aromatic rings. The lowest BCUT2D eigenvalue weighted by Gasteiger charge is -2.27. The highest BCUT2D eigenvalue weighted by Gasteiger charge is 2.21. The first-order chi connectivity index (χ1) is 12.4. The normalized spacial score (nSPS) is 10.9. The number of fused-ring (bicyclic) bond motifs is 1. The number of carbonyl (C=O) groups excluding carboxylic acids is 1. The van der Waals surface area contributed by atoms with Gasteiger partial charge in [0.1, 0.15) is 0 Å². The number of nitriles is 1. The standard InChI is InChI=1S/C20H21N5O/c1-13(2)25(12-16-7-5-15(10-21)6-8-16)20(26)17-9-18-14(3)23-24(4)19(18)22-11-17/h5-9,11,13H,12H2,1-4H3. The summed E-state index contributed by atoms with van der Waals surface area (Å²) in [6.45, 7) is 6.37. The van der Waals surface area contributed by atoms with E-state index in [0.717, 1.165) is 22.3 Å². The van der Waals surface area contributed by atoms with E-state index >= 15 is 0 Å². The van der Waals surface area contributed by atoms with Gasteiger partial charge in [-0.2, -0.15) is 10.4 Å². The van der Waals surface area contributed by atoms with Gasteiger partial charge in [-0.15, -0.1) is 0 Å². The molecule has 0 aliphatic heterocycles. The fourth-order valence-electron chi connectivity index (χ4n) is 2.96. The van der Waals surface area contributed by atoms with E-state index in [9.17, 15) is 4.79 Å². The van der Waals surface area contributed by atoms with Crippen LogP contribution in [-0.2, 0) is 13.6 Å².